The summed E-state index contributed by atoms with van der Waals surface area (Å²) in [5.41, 5.74) is 1.49. The monoisotopic (exact) mass is 237 g/mol. The minimum atomic E-state index is -1.01. The van der Waals surface area contributed by atoms with Crippen LogP contribution in [0.3, 0.4) is 0 Å². The van der Waals surface area contributed by atoms with Gasteiger partial charge in [0.05, 0.1) is 24.8 Å². The molecule has 2 rings (SSSR count). The molecule has 1 aliphatic heterocycles. The average Bonchev–Trinajstić information content (AvgIpc) is 2.28. The van der Waals surface area contributed by atoms with Gasteiger partial charge in [-0.3, -0.25) is 4.79 Å². The van der Waals surface area contributed by atoms with E-state index in [1.54, 1.807) is 18.2 Å². The van der Waals surface area contributed by atoms with Gasteiger partial charge in [0, 0.05) is 7.05 Å². The van der Waals surface area contributed by atoms with Crippen molar-refractivity contribution in [1.29, 1.82) is 0 Å². The summed E-state index contributed by atoms with van der Waals surface area (Å²) in [5, 5.41) is 18.4. The Labute approximate surface area is 99.2 Å². The van der Waals surface area contributed by atoms with Crippen molar-refractivity contribution in [3.05, 3.63) is 23.8 Å². The number of fused-ring (bicyclic) bond motifs is 1. The van der Waals surface area contributed by atoms with Gasteiger partial charge in [0.1, 0.15) is 12.4 Å². The highest BCUT2D eigenvalue weighted by atomic mass is 16.5. The lowest BCUT2D eigenvalue weighted by Crippen LogP contribution is -2.28. The Morgan fingerprint density at radius 2 is 2.35 bits per heavy atom. The minimum absolute atomic E-state index is 0.288. The van der Waals surface area contributed by atoms with Gasteiger partial charge in [-0.05, 0) is 17.7 Å². The molecule has 1 aromatic rings. The highest BCUT2D eigenvalue weighted by Crippen LogP contribution is 2.33. The molecule has 0 radical (unpaired) electrons. The van der Waals surface area contributed by atoms with Crippen molar-refractivity contribution in [2.45, 2.75) is 12.5 Å². The zero-order chi connectivity index (χ0) is 12.4. The standard InChI is InChI=1S/C12H15NO4/c1-13-4-5-17-11-3-2-8(6-9(11)13)10(14)7-12(15)16/h2-3,6,10,14H,4-5,7H2,1H3,(H,15,16). The number of aliphatic hydroxyl groups excluding tert-OH is 1. The predicted molar refractivity (Wildman–Crippen MR) is 62.4 cm³/mol. The molecule has 92 valence electrons. The number of hydrogen-bond donors (Lipinski definition) is 2. The van der Waals surface area contributed by atoms with E-state index in [9.17, 15) is 9.90 Å². The summed E-state index contributed by atoms with van der Waals surface area (Å²) in [5.74, 6) is -0.246. The summed E-state index contributed by atoms with van der Waals surface area (Å²) >= 11 is 0. The second kappa shape index (κ2) is 4.63. The zero-order valence-electron chi connectivity index (χ0n) is 9.59. The van der Waals surface area contributed by atoms with Gasteiger partial charge in [-0.25, -0.2) is 0 Å². The molecule has 0 saturated heterocycles. The molecular formula is C12H15NO4. The summed E-state index contributed by atoms with van der Waals surface area (Å²) < 4.78 is 5.47. The Morgan fingerprint density at radius 1 is 1.59 bits per heavy atom. The molecule has 17 heavy (non-hydrogen) atoms. The van der Waals surface area contributed by atoms with E-state index in [0.717, 1.165) is 18.0 Å². The number of nitrogens with zero attached hydrogens (tertiary/aromatic N) is 1. The van der Waals surface area contributed by atoms with Gasteiger partial charge in [0.2, 0.25) is 0 Å². The molecule has 0 aliphatic carbocycles. The third kappa shape index (κ3) is 2.50. The van der Waals surface area contributed by atoms with Crippen LogP contribution in [-0.2, 0) is 4.79 Å². The van der Waals surface area contributed by atoms with E-state index in [1.165, 1.54) is 0 Å². The van der Waals surface area contributed by atoms with Gasteiger partial charge >= 0.3 is 5.97 Å². The Morgan fingerprint density at radius 3 is 3.06 bits per heavy atom. The van der Waals surface area contributed by atoms with Crippen LogP contribution in [0.15, 0.2) is 18.2 Å². The van der Waals surface area contributed by atoms with E-state index in [-0.39, 0.29) is 6.42 Å². The van der Waals surface area contributed by atoms with Gasteiger partial charge in [0.25, 0.3) is 0 Å². The second-order valence-electron chi connectivity index (χ2n) is 4.11. The highest BCUT2D eigenvalue weighted by Gasteiger charge is 2.18. The molecule has 0 spiro atoms. The van der Waals surface area contributed by atoms with Crippen molar-refractivity contribution in [3.8, 4) is 5.75 Å². The number of anilines is 1. The lowest BCUT2D eigenvalue weighted by Gasteiger charge is -2.28. The topological polar surface area (TPSA) is 70.0 Å². The molecule has 0 saturated carbocycles. The molecule has 1 unspecified atom stereocenters. The lowest BCUT2D eigenvalue weighted by molar-refractivity contribution is -0.139. The van der Waals surface area contributed by atoms with E-state index in [1.807, 2.05) is 11.9 Å². The van der Waals surface area contributed by atoms with Gasteiger partial charge in [-0.2, -0.15) is 0 Å². The smallest absolute Gasteiger partial charge is 0.306 e. The van der Waals surface area contributed by atoms with Gasteiger partial charge < -0.3 is 19.8 Å². The van der Waals surface area contributed by atoms with E-state index in [2.05, 4.69) is 0 Å². The highest BCUT2D eigenvalue weighted by molar-refractivity contribution is 5.68. The number of carboxylic acids is 1. The van der Waals surface area contributed by atoms with Crippen LogP contribution in [0.5, 0.6) is 5.75 Å². The number of benzene rings is 1. The van der Waals surface area contributed by atoms with Gasteiger partial charge in [0.15, 0.2) is 0 Å². The Balaban J connectivity index is 2.25. The lowest BCUT2D eigenvalue weighted by atomic mass is 10.0. The summed E-state index contributed by atoms with van der Waals surface area (Å²) in [6.45, 7) is 1.42. The van der Waals surface area contributed by atoms with Crippen LogP contribution in [-0.4, -0.2) is 36.4 Å². The Bertz CT molecular complexity index is 433. The van der Waals surface area contributed by atoms with Crippen LogP contribution in [0, 0.1) is 0 Å². The average molecular weight is 237 g/mol. The molecule has 0 bridgehead atoms. The van der Waals surface area contributed by atoms with Crippen molar-refractivity contribution < 1.29 is 19.7 Å². The van der Waals surface area contributed by atoms with Crippen molar-refractivity contribution in [1.82, 2.24) is 0 Å². The van der Waals surface area contributed by atoms with Crippen molar-refractivity contribution in [2.24, 2.45) is 0 Å². The first kappa shape index (κ1) is 11.7. The fourth-order valence-electron chi connectivity index (χ4n) is 1.86. The molecule has 0 aromatic heterocycles. The maximum absolute atomic E-state index is 10.5. The fourth-order valence-corrected chi connectivity index (χ4v) is 1.86. The predicted octanol–water partition coefficient (Wildman–Crippen LogP) is 1.02. The van der Waals surface area contributed by atoms with Crippen LogP contribution in [0.2, 0.25) is 0 Å². The van der Waals surface area contributed by atoms with Crippen LogP contribution in [0.25, 0.3) is 0 Å². The maximum Gasteiger partial charge on any atom is 0.306 e. The Kier molecular flexibility index (Phi) is 3.19. The van der Waals surface area contributed by atoms with E-state index < -0.39 is 12.1 Å². The van der Waals surface area contributed by atoms with Crippen LogP contribution >= 0.6 is 0 Å². The largest absolute Gasteiger partial charge is 0.490 e. The molecule has 1 heterocycles. The van der Waals surface area contributed by atoms with Crippen LogP contribution in [0.4, 0.5) is 5.69 Å². The summed E-state index contributed by atoms with van der Waals surface area (Å²) in [7, 11) is 1.94. The number of carboxylic acid groups (broad SMARTS) is 1. The molecule has 2 N–H and O–H groups in total. The molecule has 0 amide bonds. The normalized spacial score (nSPS) is 16.0. The maximum atomic E-state index is 10.5. The number of ether oxygens (including phenoxy) is 1. The number of aliphatic hydroxyl groups is 1. The second-order valence-corrected chi connectivity index (χ2v) is 4.11. The molecule has 1 atom stereocenters. The molecule has 5 nitrogen and oxygen atoms in total. The first-order valence-corrected chi connectivity index (χ1v) is 5.45. The molecule has 1 aromatic carbocycles. The van der Waals surface area contributed by atoms with Crippen LogP contribution in [0.1, 0.15) is 18.1 Å². The van der Waals surface area contributed by atoms with Crippen molar-refractivity contribution >= 4 is 11.7 Å². The molecule has 0 fully saturated rings. The van der Waals surface area contributed by atoms with Crippen LogP contribution < -0.4 is 9.64 Å². The number of carbonyl (C=O) groups is 1. The number of rotatable bonds is 3. The first-order chi connectivity index (χ1) is 8.08. The third-order valence-electron chi connectivity index (χ3n) is 2.83. The van der Waals surface area contributed by atoms with Gasteiger partial charge in [-0.15, -0.1) is 0 Å². The van der Waals surface area contributed by atoms with E-state index in [4.69, 9.17) is 9.84 Å². The number of aliphatic carboxylic acids is 1. The zero-order valence-corrected chi connectivity index (χ0v) is 9.59. The number of hydrogen-bond acceptors (Lipinski definition) is 4. The quantitative estimate of drug-likeness (QED) is 0.821. The van der Waals surface area contributed by atoms with Crippen molar-refractivity contribution in [3.63, 3.8) is 0 Å². The fraction of sp³-hybridized carbons (Fsp3) is 0.417. The molecule has 1 aliphatic rings. The third-order valence-corrected chi connectivity index (χ3v) is 2.83. The van der Waals surface area contributed by atoms with E-state index >= 15 is 0 Å². The van der Waals surface area contributed by atoms with Crippen molar-refractivity contribution in [2.75, 3.05) is 25.1 Å². The summed E-state index contributed by atoms with van der Waals surface area (Å²) in [6, 6.07) is 5.25. The minimum Gasteiger partial charge on any atom is -0.490 e. The van der Waals surface area contributed by atoms with E-state index in [0.29, 0.717) is 12.2 Å². The van der Waals surface area contributed by atoms with Gasteiger partial charge in [-0.1, -0.05) is 6.07 Å². The SMILES string of the molecule is CN1CCOc2ccc(C(O)CC(=O)O)cc21. The first-order valence-electron chi connectivity index (χ1n) is 5.45. The number of likely N-dealkylation sites (N-methyl/N-ethyl adjacent to an activating group) is 1. The summed E-state index contributed by atoms with van der Waals surface area (Å²) in [6.07, 6.45) is -1.27. The summed E-state index contributed by atoms with van der Waals surface area (Å²) in [4.78, 5) is 12.6. The Hall–Kier alpha value is -1.75. The molecule has 5 heteroatoms. The molecular weight excluding hydrogens is 222 g/mol.